The molecule has 2 aromatic rings. The minimum absolute atomic E-state index is 0.0306. The van der Waals surface area contributed by atoms with Gasteiger partial charge in [-0.2, -0.15) is 4.98 Å². The fourth-order valence-electron chi connectivity index (χ4n) is 2.87. The van der Waals surface area contributed by atoms with E-state index < -0.39 is 10.5 Å². The van der Waals surface area contributed by atoms with Crippen molar-refractivity contribution in [2.45, 2.75) is 38.8 Å². The quantitative estimate of drug-likeness (QED) is 0.610. The first-order valence-electron chi connectivity index (χ1n) is 8.40. The number of ether oxygens (including phenoxy) is 1. The molecule has 1 aromatic heterocycles. The number of oxazole rings is 1. The topological polar surface area (TPSA) is 102 Å². The molecule has 0 saturated carbocycles. The summed E-state index contributed by atoms with van der Waals surface area (Å²) in [5.41, 5.74) is 0.357. The summed E-state index contributed by atoms with van der Waals surface area (Å²) < 4.78 is 11.1. The molecule has 1 fully saturated rings. The maximum atomic E-state index is 12.2. The molecule has 1 aliphatic heterocycles. The summed E-state index contributed by atoms with van der Waals surface area (Å²) in [4.78, 5) is 30.5. The Balaban J connectivity index is 1.72. The van der Waals surface area contributed by atoms with Crippen LogP contribution in [-0.2, 0) is 4.74 Å². The summed E-state index contributed by atoms with van der Waals surface area (Å²) >= 11 is 0. The highest BCUT2D eigenvalue weighted by Gasteiger charge is 2.33. The van der Waals surface area contributed by atoms with Crippen molar-refractivity contribution in [3.63, 3.8) is 0 Å². The van der Waals surface area contributed by atoms with Crippen molar-refractivity contribution in [3.8, 4) is 0 Å². The molecule has 0 aliphatic carbocycles. The van der Waals surface area contributed by atoms with Gasteiger partial charge in [0.1, 0.15) is 11.1 Å². The van der Waals surface area contributed by atoms with Crippen LogP contribution in [-0.4, -0.2) is 52.7 Å². The summed E-state index contributed by atoms with van der Waals surface area (Å²) in [5.74, 6) is 0. The van der Waals surface area contributed by atoms with Gasteiger partial charge in [-0.3, -0.25) is 10.1 Å². The standard InChI is InChI=1S/C17H22N4O5/c1-17(2,3)26-16(22)20-8-7-12(10-20)19(4)15-18-13-9-11(21(23)24)5-6-14(13)25-15/h5-6,9,12H,7-8,10H2,1-4H3/t12-/m0/s1. The SMILES string of the molecule is CN(c1nc2cc([N+](=O)[O-])ccc2o1)[C@H]1CCN(C(=O)OC(C)(C)C)C1. The van der Waals surface area contributed by atoms with Crippen LogP contribution >= 0.6 is 0 Å². The summed E-state index contributed by atoms with van der Waals surface area (Å²) in [6.45, 7) is 6.60. The second-order valence-electron chi connectivity index (χ2n) is 7.39. The molecule has 1 aliphatic rings. The fourth-order valence-corrected chi connectivity index (χ4v) is 2.87. The van der Waals surface area contributed by atoms with Crippen LogP contribution in [0.1, 0.15) is 27.2 Å². The molecule has 0 radical (unpaired) electrons. The molecule has 140 valence electrons. The number of hydrogen-bond donors (Lipinski definition) is 0. The molecule has 0 N–H and O–H groups in total. The predicted octanol–water partition coefficient (Wildman–Crippen LogP) is 3.18. The minimum atomic E-state index is -0.532. The van der Waals surface area contributed by atoms with Gasteiger partial charge in [0.25, 0.3) is 11.7 Å². The summed E-state index contributed by atoms with van der Waals surface area (Å²) in [7, 11) is 1.84. The Bertz CT molecular complexity index is 841. The third-order valence-electron chi connectivity index (χ3n) is 4.24. The number of likely N-dealkylation sites (tertiary alicyclic amines) is 1. The van der Waals surface area contributed by atoms with Gasteiger partial charge in [0.05, 0.1) is 11.0 Å². The maximum Gasteiger partial charge on any atom is 0.410 e. The number of benzene rings is 1. The number of likely N-dealkylation sites (N-methyl/N-ethyl adjacent to an activating group) is 1. The number of carbonyl (C=O) groups is 1. The maximum absolute atomic E-state index is 12.2. The molecule has 1 amide bonds. The van der Waals surface area contributed by atoms with Crippen molar-refractivity contribution >= 4 is 28.9 Å². The Morgan fingerprint density at radius 1 is 1.46 bits per heavy atom. The van der Waals surface area contributed by atoms with Crippen LogP contribution < -0.4 is 4.90 Å². The van der Waals surface area contributed by atoms with Gasteiger partial charge in [-0.05, 0) is 33.3 Å². The lowest BCUT2D eigenvalue weighted by Gasteiger charge is -2.26. The summed E-state index contributed by atoms with van der Waals surface area (Å²) in [5, 5.41) is 10.9. The summed E-state index contributed by atoms with van der Waals surface area (Å²) in [6.07, 6.45) is 0.427. The number of nitro benzene ring substituents is 1. The third-order valence-corrected chi connectivity index (χ3v) is 4.24. The van der Waals surface area contributed by atoms with Crippen LogP contribution in [0.3, 0.4) is 0 Å². The second kappa shape index (κ2) is 6.47. The van der Waals surface area contributed by atoms with Gasteiger partial charge in [-0.1, -0.05) is 0 Å². The van der Waals surface area contributed by atoms with Gasteiger partial charge in [0.2, 0.25) is 0 Å². The normalized spacial score (nSPS) is 17.5. The van der Waals surface area contributed by atoms with E-state index >= 15 is 0 Å². The van der Waals surface area contributed by atoms with Crippen LogP contribution in [0, 0.1) is 10.1 Å². The third kappa shape index (κ3) is 3.71. The fraction of sp³-hybridized carbons (Fsp3) is 0.529. The van der Waals surface area contributed by atoms with E-state index in [0.29, 0.717) is 30.2 Å². The number of rotatable bonds is 3. The van der Waals surface area contributed by atoms with E-state index in [9.17, 15) is 14.9 Å². The average Bonchev–Trinajstić information content (AvgIpc) is 3.18. The molecule has 1 atom stereocenters. The van der Waals surface area contributed by atoms with Crippen molar-refractivity contribution in [2.24, 2.45) is 0 Å². The Morgan fingerprint density at radius 2 is 2.19 bits per heavy atom. The lowest BCUT2D eigenvalue weighted by atomic mass is 10.2. The van der Waals surface area contributed by atoms with Crippen LogP contribution in [0.2, 0.25) is 0 Å². The zero-order chi connectivity index (χ0) is 19.1. The van der Waals surface area contributed by atoms with Crippen LogP contribution in [0.25, 0.3) is 11.1 Å². The number of nitro groups is 1. The molecule has 0 bridgehead atoms. The van der Waals surface area contributed by atoms with Crippen LogP contribution in [0.15, 0.2) is 22.6 Å². The highest BCUT2D eigenvalue weighted by molar-refractivity contribution is 5.77. The van der Waals surface area contributed by atoms with E-state index in [-0.39, 0.29) is 17.8 Å². The first kappa shape index (κ1) is 18.0. The number of nitrogens with zero attached hydrogens (tertiary/aromatic N) is 4. The Hall–Kier alpha value is -2.84. The summed E-state index contributed by atoms with van der Waals surface area (Å²) in [6, 6.07) is 4.72. The van der Waals surface area contributed by atoms with E-state index in [1.807, 2.05) is 32.7 Å². The monoisotopic (exact) mass is 362 g/mol. The molecule has 26 heavy (non-hydrogen) atoms. The van der Waals surface area contributed by atoms with Gasteiger partial charge in [0.15, 0.2) is 5.58 Å². The molecule has 3 rings (SSSR count). The molecular formula is C17H22N4O5. The number of non-ortho nitro benzene ring substituents is 1. The number of fused-ring (bicyclic) bond motifs is 1. The highest BCUT2D eigenvalue weighted by atomic mass is 16.6. The number of anilines is 1. The van der Waals surface area contributed by atoms with Crippen molar-refractivity contribution in [1.82, 2.24) is 9.88 Å². The Morgan fingerprint density at radius 3 is 2.85 bits per heavy atom. The van der Waals surface area contributed by atoms with E-state index in [1.165, 1.54) is 12.1 Å². The van der Waals surface area contributed by atoms with Gasteiger partial charge in [-0.25, -0.2) is 4.79 Å². The van der Waals surface area contributed by atoms with Crippen LogP contribution in [0.5, 0.6) is 0 Å². The first-order chi connectivity index (χ1) is 12.1. The molecule has 2 heterocycles. The number of amides is 1. The lowest BCUT2D eigenvalue weighted by Crippen LogP contribution is -2.39. The number of carbonyl (C=O) groups excluding carboxylic acids is 1. The molecule has 9 heteroatoms. The second-order valence-corrected chi connectivity index (χ2v) is 7.39. The molecule has 9 nitrogen and oxygen atoms in total. The molecular weight excluding hydrogens is 340 g/mol. The van der Waals surface area contributed by atoms with Crippen molar-refractivity contribution in [2.75, 3.05) is 25.0 Å². The molecule has 0 spiro atoms. The van der Waals surface area contributed by atoms with Gasteiger partial charge >= 0.3 is 6.09 Å². The predicted molar refractivity (Wildman–Crippen MR) is 95.3 cm³/mol. The minimum Gasteiger partial charge on any atom is -0.444 e. The van der Waals surface area contributed by atoms with Crippen molar-refractivity contribution in [1.29, 1.82) is 0 Å². The average molecular weight is 362 g/mol. The van der Waals surface area contributed by atoms with E-state index in [4.69, 9.17) is 9.15 Å². The van der Waals surface area contributed by atoms with E-state index in [0.717, 1.165) is 6.42 Å². The van der Waals surface area contributed by atoms with E-state index in [2.05, 4.69) is 4.98 Å². The molecule has 1 saturated heterocycles. The molecule has 1 aromatic carbocycles. The molecule has 0 unspecified atom stereocenters. The van der Waals surface area contributed by atoms with Crippen molar-refractivity contribution in [3.05, 3.63) is 28.3 Å². The first-order valence-corrected chi connectivity index (χ1v) is 8.40. The van der Waals surface area contributed by atoms with Crippen LogP contribution in [0.4, 0.5) is 16.5 Å². The highest BCUT2D eigenvalue weighted by Crippen LogP contribution is 2.28. The van der Waals surface area contributed by atoms with Crippen molar-refractivity contribution < 1.29 is 18.9 Å². The van der Waals surface area contributed by atoms with Gasteiger partial charge in [-0.15, -0.1) is 0 Å². The number of hydrogen-bond acceptors (Lipinski definition) is 7. The Kier molecular flexibility index (Phi) is 4.47. The largest absolute Gasteiger partial charge is 0.444 e. The van der Waals surface area contributed by atoms with E-state index in [1.54, 1.807) is 11.0 Å². The smallest absolute Gasteiger partial charge is 0.410 e. The van der Waals surface area contributed by atoms with Gasteiger partial charge < -0.3 is 19.0 Å². The zero-order valence-electron chi connectivity index (χ0n) is 15.3. The Labute approximate surface area is 150 Å². The zero-order valence-corrected chi connectivity index (χ0v) is 15.3. The number of aromatic nitrogens is 1. The van der Waals surface area contributed by atoms with Gasteiger partial charge in [0, 0.05) is 32.3 Å². The lowest BCUT2D eigenvalue weighted by molar-refractivity contribution is -0.384.